The van der Waals surface area contributed by atoms with E-state index in [0.29, 0.717) is 49.5 Å². The molecule has 0 saturated heterocycles. The van der Waals surface area contributed by atoms with Crippen molar-refractivity contribution in [3.05, 3.63) is 57.5 Å². The van der Waals surface area contributed by atoms with E-state index < -0.39 is 20.5 Å². The molecule has 4 rings (SSSR count). The van der Waals surface area contributed by atoms with Crippen molar-refractivity contribution in [3.8, 4) is 5.75 Å². The third kappa shape index (κ3) is 3.68. The molecule has 2 aliphatic rings. The Hall–Kier alpha value is -1.57. The van der Waals surface area contributed by atoms with Gasteiger partial charge in [-0.25, -0.2) is 8.42 Å². The van der Waals surface area contributed by atoms with Gasteiger partial charge < -0.3 is 10.1 Å². The Labute approximate surface area is 183 Å². The molecule has 1 N–H and O–H groups in total. The van der Waals surface area contributed by atoms with Gasteiger partial charge in [0, 0.05) is 21.5 Å². The summed E-state index contributed by atoms with van der Waals surface area (Å²) in [6, 6.07) is 11.4. The van der Waals surface area contributed by atoms with Crippen LogP contribution in [0.25, 0.3) is 0 Å². The predicted octanol–water partition coefficient (Wildman–Crippen LogP) is 4.83. The fourth-order valence-electron chi connectivity index (χ4n) is 4.21. The molecule has 5 nitrogen and oxygen atoms in total. The first-order valence-corrected chi connectivity index (χ1v) is 12.2. The van der Waals surface area contributed by atoms with E-state index >= 15 is 0 Å². The minimum atomic E-state index is -3.86. The maximum atomic E-state index is 13.5. The predicted molar refractivity (Wildman–Crippen MR) is 115 cm³/mol. The summed E-state index contributed by atoms with van der Waals surface area (Å²) >= 11 is 9.37. The molecule has 2 aromatic carbocycles. The van der Waals surface area contributed by atoms with E-state index in [9.17, 15) is 13.2 Å². The zero-order valence-corrected chi connectivity index (χ0v) is 18.8. The molecule has 1 heterocycles. The number of hydrogen-bond donors (Lipinski definition) is 1. The van der Waals surface area contributed by atoms with Crippen LogP contribution >= 0.6 is 27.5 Å². The fraction of sp³-hybridized carbons (Fsp3) is 0.381. The average Bonchev–Trinajstić information content (AvgIpc) is 3.21. The quantitative estimate of drug-likeness (QED) is 0.655. The highest BCUT2D eigenvalue weighted by molar-refractivity contribution is 9.10. The zero-order chi connectivity index (χ0) is 20.6. The van der Waals surface area contributed by atoms with E-state index in [0.717, 1.165) is 10.0 Å². The number of rotatable bonds is 4. The lowest BCUT2D eigenvalue weighted by atomic mass is 9.98. The van der Waals surface area contributed by atoms with Crippen LogP contribution in [0, 0.1) is 0 Å². The topological polar surface area (TPSA) is 72.5 Å². The normalized spacial score (nSPS) is 20.6. The largest absolute Gasteiger partial charge is 0.493 e. The smallest absolute Gasteiger partial charge is 0.242 e. The van der Waals surface area contributed by atoms with Crippen molar-refractivity contribution in [1.82, 2.24) is 5.32 Å². The molecule has 1 aliphatic heterocycles. The number of benzene rings is 2. The molecule has 0 radical (unpaired) electrons. The summed E-state index contributed by atoms with van der Waals surface area (Å²) in [5, 5.41) is 3.48. The van der Waals surface area contributed by atoms with Crippen molar-refractivity contribution < 1.29 is 17.9 Å². The third-order valence-corrected chi connectivity index (χ3v) is 9.04. The van der Waals surface area contributed by atoms with Crippen molar-refractivity contribution in [3.63, 3.8) is 0 Å². The van der Waals surface area contributed by atoms with Crippen LogP contribution in [0.1, 0.15) is 43.7 Å². The molecular weight excluding hydrogens is 478 g/mol. The number of carbonyl (C=O) groups excluding carboxylic acids is 1. The number of carbonyl (C=O) groups is 1. The molecule has 8 heteroatoms. The van der Waals surface area contributed by atoms with E-state index in [2.05, 4.69) is 21.2 Å². The number of halogens is 2. The van der Waals surface area contributed by atoms with Gasteiger partial charge >= 0.3 is 0 Å². The van der Waals surface area contributed by atoms with Crippen LogP contribution < -0.4 is 10.1 Å². The SMILES string of the molecule is O=C(NC1CCOc2ccc(Br)cc21)C1(S(=O)(=O)c2ccc(Cl)cc2)CCCC1. The summed E-state index contributed by atoms with van der Waals surface area (Å²) < 4.78 is 32.1. The minimum Gasteiger partial charge on any atom is -0.493 e. The van der Waals surface area contributed by atoms with E-state index in [1.165, 1.54) is 12.1 Å². The van der Waals surface area contributed by atoms with E-state index in [1.807, 2.05) is 18.2 Å². The lowest BCUT2D eigenvalue weighted by molar-refractivity contribution is -0.124. The van der Waals surface area contributed by atoms with Gasteiger partial charge in [0.25, 0.3) is 0 Å². The summed E-state index contributed by atoms with van der Waals surface area (Å²) in [4.78, 5) is 13.6. The Bertz CT molecular complexity index is 1030. The van der Waals surface area contributed by atoms with Crippen LogP contribution in [0.3, 0.4) is 0 Å². The molecule has 154 valence electrons. The Balaban J connectivity index is 1.67. The molecule has 29 heavy (non-hydrogen) atoms. The molecule has 1 amide bonds. The lowest BCUT2D eigenvalue weighted by Gasteiger charge is -2.32. The second-order valence-corrected chi connectivity index (χ2v) is 11.1. The number of nitrogens with one attached hydrogen (secondary N) is 1. The van der Waals surface area contributed by atoms with Gasteiger partial charge in [-0.2, -0.15) is 0 Å². The van der Waals surface area contributed by atoms with Crippen LogP contribution in [0.5, 0.6) is 5.75 Å². The first kappa shape index (κ1) is 20.7. The second-order valence-electron chi connectivity index (χ2n) is 7.50. The molecule has 1 aliphatic carbocycles. The van der Waals surface area contributed by atoms with Crippen molar-refractivity contribution in [1.29, 1.82) is 0 Å². The van der Waals surface area contributed by atoms with Gasteiger partial charge in [0.05, 0.1) is 17.5 Å². The Morgan fingerprint density at radius 3 is 2.52 bits per heavy atom. The first-order chi connectivity index (χ1) is 13.8. The van der Waals surface area contributed by atoms with Gasteiger partial charge in [0.1, 0.15) is 5.75 Å². The Kier molecular flexibility index (Phi) is 5.66. The van der Waals surface area contributed by atoms with Crippen LogP contribution in [-0.2, 0) is 14.6 Å². The van der Waals surface area contributed by atoms with Crippen molar-refractivity contribution in [2.75, 3.05) is 6.61 Å². The molecule has 2 aromatic rings. The Morgan fingerprint density at radius 2 is 1.83 bits per heavy atom. The maximum Gasteiger partial charge on any atom is 0.242 e. The summed E-state index contributed by atoms with van der Waals surface area (Å²) in [5.41, 5.74) is 0.857. The molecule has 1 fully saturated rings. The Morgan fingerprint density at radius 1 is 1.14 bits per heavy atom. The van der Waals surface area contributed by atoms with Crippen LogP contribution in [0.15, 0.2) is 51.8 Å². The van der Waals surface area contributed by atoms with Crippen molar-refractivity contribution >= 4 is 43.3 Å². The molecule has 0 bridgehead atoms. The summed E-state index contributed by atoms with van der Waals surface area (Å²) in [6.07, 6.45) is 2.63. The second kappa shape index (κ2) is 7.93. The highest BCUT2D eigenvalue weighted by atomic mass is 79.9. The highest BCUT2D eigenvalue weighted by Crippen LogP contribution is 2.42. The van der Waals surface area contributed by atoms with Crippen LogP contribution in [0.2, 0.25) is 5.02 Å². The van der Waals surface area contributed by atoms with Crippen LogP contribution in [0.4, 0.5) is 0 Å². The molecular formula is C21H21BrClNO4S. The van der Waals surface area contributed by atoms with Gasteiger partial charge in [-0.15, -0.1) is 0 Å². The van der Waals surface area contributed by atoms with Crippen molar-refractivity contribution in [2.24, 2.45) is 0 Å². The van der Waals surface area contributed by atoms with Gasteiger partial charge in [0.15, 0.2) is 14.6 Å². The maximum absolute atomic E-state index is 13.5. The third-order valence-electron chi connectivity index (χ3n) is 5.78. The fourth-order valence-corrected chi connectivity index (χ4v) is 6.79. The van der Waals surface area contributed by atoms with E-state index in [1.54, 1.807) is 12.1 Å². The average molecular weight is 499 g/mol. The van der Waals surface area contributed by atoms with Crippen molar-refractivity contribution in [2.45, 2.75) is 47.8 Å². The van der Waals surface area contributed by atoms with E-state index in [-0.39, 0.29) is 10.9 Å². The zero-order valence-electron chi connectivity index (χ0n) is 15.7. The molecule has 0 aromatic heterocycles. The molecule has 1 atom stereocenters. The summed E-state index contributed by atoms with van der Waals surface area (Å²) in [7, 11) is -3.86. The summed E-state index contributed by atoms with van der Waals surface area (Å²) in [5.74, 6) is 0.286. The minimum absolute atomic E-state index is 0.133. The highest BCUT2D eigenvalue weighted by Gasteiger charge is 2.53. The number of hydrogen-bond acceptors (Lipinski definition) is 4. The monoisotopic (exact) mass is 497 g/mol. The lowest BCUT2D eigenvalue weighted by Crippen LogP contribution is -2.51. The van der Waals surface area contributed by atoms with Gasteiger partial charge in [-0.05, 0) is 55.3 Å². The summed E-state index contributed by atoms with van der Waals surface area (Å²) in [6.45, 7) is 0.469. The molecule has 1 unspecified atom stereocenters. The molecule has 1 saturated carbocycles. The van der Waals surface area contributed by atoms with Gasteiger partial charge in [-0.3, -0.25) is 4.79 Å². The number of sulfone groups is 1. The number of fused-ring (bicyclic) bond motifs is 1. The van der Waals surface area contributed by atoms with Gasteiger partial charge in [0.2, 0.25) is 5.91 Å². The molecule has 0 spiro atoms. The number of ether oxygens (including phenoxy) is 1. The van der Waals surface area contributed by atoms with Gasteiger partial charge in [-0.1, -0.05) is 40.4 Å². The van der Waals surface area contributed by atoms with Crippen LogP contribution in [-0.4, -0.2) is 25.7 Å². The number of amides is 1. The standard InChI is InChI=1S/C21H21BrClNO4S/c22-14-3-8-19-17(13-14)18(9-12-28-19)24-20(25)21(10-1-2-11-21)29(26,27)16-6-4-15(23)5-7-16/h3-8,13,18H,1-2,9-12H2,(H,24,25). The van der Waals surface area contributed by atoms with E-state index in [4.69, 9.17) is 16.3 Å². The first-order valence-electron chi connectivity index (χ1n) is 9.57.